The van der Waals surface area contributed by atoms with Crippen LogP contribution in [0.3, 0.4) is 0 Å². The predicted molar refractivity (Wildman–Crippen MR) is 85.3 cm³/mol. The summed E-state index contributed by atoms with van der Waals surface area (Å²) in [7, 11) is 0. The smallest absolute Gasteiger partial charge is 0.310 e. The van der Waals surface area contributed by atoms with E-state index in [1.54, 1.807) is 4.90 Å². The summed E-state index contributed by atoms with van der Waals surface area (Å²) >= 11 is 12.3. The van der Waals surface area contributed by atoms with Crippen LogP contribution < -0.4 is 5.32 Å². The van der Waals surface area contributed by atoms with E-state index >= 15 is 0 Å². The summed E-state index contributed by atoms with van der Waals surface area (Å²) in [4.78, 5) is 27.1. The number of nitrogens with one attached hydrogen (secondary N) is 1. The molecule has 2 aliphatic heterocycles. The number of carbonyl (C=O) groups excluding carboxylic acids is 2. The number of carbonyl (C=O) groups is 2. The Morgan fingerprint density at radius 2 is 1.91 bits per heavy atom. The Morgan fingerprint density at radius 3 is 2.64 bits per heavy atom. The Hall–Kier alpha value is -1.30. The second-order valence-electron chi connectivity index (χ2n) is 5.61. The van der Waals surface area contributed by atoms with Gasteiger partial charge in [0.2, 0.25) is 0 Å². The van der Waals surface area contributed by atoms with Crippen LogP contribution in [0.15, 0.2) is 18.2 Å². The highest BCUT2D eigenvalue weighted by Gasteiger charge is 2.41. The van der Waals surface area contributed by atoms with Gasteiger partial charge in [-0.2, -0.15) is 0 Å². The maximum Gasteiger partial charge on any atom is 0.324 e. The topological polar surface area (TPSA) is 52.7 Å². The molecule has 22 heavy (non-hydrogen) atoms. The van der Waals surface area contributed by atoms with Crippen molar-refractivity contribution < 1.29 is 9.59 Å². The molecule has 1 aromatic carbocycles. The van der Waals surface area contributed by atoms with Gasteiger partial charge in [0, 0.05) is 29.7 Å². The average molecular weight is 342 g/mol. The van der Waals surface area contributed by atoms with Gasteiger partial charge in [0.05, 0.1) is 0 Å². The van der Waals surface area contributed by atoms with Crippen molar-refractivity contribution in [2.24, 2.45) is 0 Å². The molecule has 5 nitrogen and oxygen atoms in total. The fraction of sp³-hybridized carbons (Fsp3) is 0.467. The minimum atomic E-state index is -0.342. The summed E-state index contributed by atoms with van der Waals surface area (Å²) in [6.45, 7) is 2.82. The summed E-state index contributed by atoms with van der Waals surface area (Å²) in [6, 6.07) is 4.91. The van der Waals surface area contributed by atoms with Crippen LogP contribution in [0.1, 0.15) is 12.0 Å². The molecule has 0 spiro atoms. The van der Waals surface area contributed by atoms with Gasteiger partial charge in [-0.05, 0) is 37.1 Å². The molecule has 1 aromatic rings. The van der Waals surface area contributed by atoms with Crippen molar-refractivity contribution in [2.45, 2.75) is 18.9 Å². The quantitative estimate of drug-likeness (QED) is 0.854. The minimum Gasteiger partial charge on any atom is -0.310 e. The summed E-state index contributed by atoms with van der Waals surface area (Å²) in [5, 5.41) is 3.75. The molecule has 0 saturated carbocycles. The number of rotatable bonds is 4. The zero-order chi connectivity index (χ0) is 15.7. The Labute approximate surface area is 139 Å². The Balaban J connectivity index is 1.53. The van der Waals surface area contributed by atoms with E-state index in [1.165, 1.54) is 0 Å². The molecule has 2 heterocycles. The third-order valence-corrected chi connectivity index (χ3v) is 4.93. The van der Waals surface area contributed by atoms with Crippen LogP contribution in [0.5, 0.6) is 0 Å². The molecule has 0 bridgehead atoms. The fourth-order valence-electron chi connectivity index (χ4n) is 3.02. The van der Waals surface area contributed by atoms with Crippen molar-refractivity contribution in [1.82, 2.24) is 15.1 Å². The number of hydrogen-bond donors (Lipinski definition) is 1. The molecule has 2 aliphatic rings. The number of piperazine rings is 1. The lowest BCUT2D eigenvalue weighted by Crippen LogP contribution is -2.53. The third-order valence-electron chi connectivity index (χ3n) is 4.22. The van der Waals surface area contributed by atoms with E-state index in [2.05, 4.69) is 10.2 Å². The molecule has 3 amide bonds. The van der Waals surface area contributed by atoms with Gasteiger partial charge >= 0.3 is 6.03 Å². The molecule has 0 radical (unpaired) electrons. The first-order valence-corrected chi connectivity index (χ1v) is 8.08. The highest BCUT2D eigenvalue weighted by Crippen LogP contribution is 2.25. The summed E-state index contributed by atoms with van der Waals surface area (Å²) < 4.78 is 0. The van der Waals surface area contributed by atoms with Gasteiger partial charge in [0.15, 0.2) is 0 Å². The van der Waals surface area contributed by atoms with Crippen LogP contribution in [-0.4, -0.2) is 54.0 Å². The minimum absolute atomic E-state index is 0.191. The van der Waals surface area contributed by atoms with Crippen molar-refractivity contribution in [3.05, 3.63) is 33.8 Å². The maximum absolute atomic E-state index is 11.7. The molecule has 2 fully saturated rings. The van der Waals surface area contributed by atoms with Crippen LogP contribution in [0.25, 0.3) is 0 Å². The first-order chi connectivity index (χ1) is 10.6. The van der Waals surface area contributed by atoms with Gasteiger partial charge in [-0.25, -0.2) is 4.79 Å². The molecule has 2 saturated heterocycles. The number of fused-ring (bicyclic) bond motifs is 1. The number of benzene rings is 1. The second-order valence-corrected chi connectivity index (χ2v) is 6.42. The van der Waals surface area contributed by atoms with Gasteiger partial charge in [0.1, 0.15) is 6.04 Å². The number of halogens is 2. The monoisotopic (exact) mass is 341 g/mol. The maximum atomic E-state index is 11.7. The molecule has 1 atom stereocenters. The highest BCUT2D eigenvalue weighted by atomic mass is 35.5. The lowest BCUT2D eigenvalue weighted by molar-refractivity contribution is -0.122. The van der Waals surface area contributed by atoms with Crippen LogP contribution >= 0.6 is 23.2 Å². The first-order valence-electron chi connectivity index (χ1n) is 7.33. The SMILES string of the molecule is O=C1NC(=O)N2CCN(CCCc3c(Cl)cccc3Cl)C[C@H]12. The zero-order valence-corrected chi connectivity index (χ0v) is 13.5. The molecule has 1 N–H and O–H groups in total. The van der Waals surface area contributed by atoms with E-state index in [-0.39, 0.29) is 18.0 Å². The normalized spacial score (nSPS) is 21.9. The van der Waals surface area contributed by atoms with E-state index < -0.39 is 0 Å². The number of imide groups is 1. The molecular weight excluding hydrogens is 325 g/mol. The van der Waals surface area contributed by atoms with Crippen LogP contribution in [0.4, 0.5) is 4.79 Å². The van der Waals surface area contributed by atoms with Crippen molar-refractivity contribution >= 4 is 35.1 Å². The molecule has 3 rings (SSSR count). The summed E-state index contributed by atoms with van der Waals surface area (Å²) in [6.07, 6.45) is 1.71. The van der Waals surface area contributed by atoms with Crippen molar-refractivity contribution in [2.75, 3.05) is 26.2 Å². The van der Waals surface area contributed by atoms with Crippen LogP contribution in [0.2, 0.25) is 10.0 Å². The standard InChI is InChI=1S/C15H17Cl2N3O2/c16-11-4-1-5-12(17)10(11)3-2-6-19-7-8-20-13(9-19)14(21)18-15(20)22/h1,4-5,13H,2-3,6-9H2,(H,18,21,22)/t13-/m1/s1. The predicted octanol–water partition coefficient (Wildman–Crippen LogP) is 2.16. The number of hydrogen-bond acceptors (Lipinski definition) is 3. The van der Waals surface area contributed by atoms with Crippen LogP contribution in [0, 0.1) is 0 Å². The average Bonchev–Trinajstić information content (AvgIpc) is 2.77. The largest absolute Gasteiger partial charge is 0.324 e. The third kappa shape index (κ3) is 3.07. The van der Waals surface area contributed by atoms with Crippen molar-refractivity contribution in [3.63, 3.8) is 0 Å². The fourth-order valence-corrected chi connectivity index (χ4v) is 3.61. The number of amides is 3. The van der Waals surface area contributed by atoms with Crippen molar-refractivity contribution in [1.29, 1.82) is 0 Å². The van der Waals surface area contributed by atoms with E-state index in [0.717, 1.165) is 31.5 Å². The van der Waals surface area contributed by atoms with E-state index in [1.807, 2.05) is 18.2 Å². The number of nitrogens with zero attached hydrogens (tertiary/aromatic N) is 2. The van der Waals surface area contributed by atoms with Crippen LogP contribution in [-0.2, 0) is 11.2 Å². The van der Waals surface area contributed by atoms with E-state index in [4.69, 9.17) is 23.2 Å². The van der Waals surface area contributed by atoms with E-state index in [9.17, 15) is 9.59 Å². The van der Waals surface area contributed by atoms with Gasteiger partial charge in [-0.3, -0.25) is 15.0 Å². The molecule has 0 aromatic heterocycles. The molecule has 118 valence electrons. The Kier molecular flexibility index (Phi) is 4.57. The molecule has 0 unspecified atom stereocenters. The van der Waals surface area contributed by atoms with Gasteiger partial charge in [-0.15, -0.1) is 0 Å². The van der Waals surface area contributed by atoms with Gasteiger partial charge in [0.25, 0.3) is 5.91 Å². The summed E-state index contributed by atoms with van der Waals surface area (Å²) in [5.41, 5.74) is 0.971. The van der Waals surface area contributed by atoms with Gasteiger partial charge < -0.3 is 4.90 Å². The Bertz CT molecular complexity index is 588. The second kappa shape index (κ2) is 6.44. The number of urea groups is 1. The highest BCUT2D eigenvalue weighted by molar-refractivity contribution is 6.35. The van der Waals surface area contributed by atoms with E-state index in [0.29, 0.717) is 23.1 Å². The molecule has 7 heteroatoms. The lowest BCUT2D eigenvalue weighted by Gasteiger charge is -2.35. The first kappa shape index (κ1) is 15.6. The van der Waals surface area contributed by atoms with Gasteiger partial charge in [-0.1, -0.05) is 29.3 Å². The van der Waals surface area contributed by atoms with Crippen molar-refractivity contribution in [3.8, 4) is 0 Å². The lowest BCUT2D eigenvalue weighted by atomic mass is 10.1. The zero-order valence-electron chi connectivity index (χ0n) is 12.0. The Morgan fingerprint density at radius 1 is 1.18 bits per heavy atom. The molecule has 0 aliphatic carbocycles. The molecular formula is C15H17Cl2N3O2. The summed E-state index contributed by atoms with van der Waals surface area (Å²) in [5.74, 6) is -0.191.